The Morgan fingerprint density at radius 2 is 2.29 bits per heavy atom. The molecule has 0 saturated carbocycles. The average molecular weight is 203 g/mol. The van der Waals surface area contributed by atoms with Gasteiger partial charge in [-0.3, -0.25) is 10.2 Å². The molecule has 0 bridgehead atoms. The van der Waals surface area contributed by atoms with Crippen molar-refractivity contribution in [2.24, 2.45) is 10.8 Å². The molecule has 7 nitrogen and oxygen atoms in total. The summed E-state index contributed by atoms with van der Waals surface area (Å²) in [6.45, 7) is 1.16. The van der Waals surface area contributed by atoms with Gasteiger partial charge in [0.1, 0.15) is 6.54 Å². The van der Waals surface area contributed by atoms with Crippen LogP contribution in [0.25, 0.3) is 0 Å². The van der Waals surface area contributed by atoms with Gasteiger partial charge < -0.3 is 15.4 Å². The number of hydrogen-bond donors (Lipinski definition) is 4. The Bertz CT molecular complexity index is 195. The number of ether oxygens (including phenoxy) is 1. The molecule has 0 aromatic carbocycles. The van der Waals surface area contributed by atoms with E-state index in [1.807, 2.05) is 0 Å². The van der Waals surface area contributed by atoms with Gasteiger partial charge in [0.15, 0.2) is 0 Å². The summed E-state index contributed by atoms with van der Waals surface area (Å²) in [7, 11) is 3.14. The highest BCUT2D eigenvalue weighted by Gasteiger charge is 1.97. The van der Waals surface area contributed by atoms with Gasteiger partial charge in [0, 0.05) is 20.7 Å². The van der Waals surface area contributed by atoms with Crippen molar-refractivity contribution in [3.8, 4) is 0 Å². The first-order chi connectivity index (χ1) is 6.74. The van der Waals surface area contributed by atoms with E-state index in [4.69, 9.17) is 10.6 Å². The zero-order chi connectivity index (χ0) is 10.8. The summed E-state index contributed by atoms with van der Waals surface area (Å²) in [5.74, 6) is 5.36. The number of carbonyl (C=O) groups excluding carboxylic acids is 1. The third-order valence-electron chi connectivity index (χ3n) is 1.39. The Balaban J connectivity index is 3.80. The summed E-state index contributed by atoms with van der Waals surface area (Å²) in [5, 5.41) is 5.30. The quantitative estimate of drug-likeness (QED) is 0.133. The van der Waals surface area contributed by atoms with Crippen LogP contribution in [0.4, 0.5) is 0 Å². The van der Waals surface area contributed by atoms with Gasteiger partial charge >= 0.3 is 0 Å². The second-order valence-electron chi connectivity index (χ2n) is 2.40. The first kappa shape index (κ1) is 12.7. The molecule has 0 fully saturated rings. The molecule has 0 heterocycles. The fraction of sp³-hybridized carbons (Fsp3) is 0.714. The molecular formula is C7H17N5O2. The molecular weight excluding hydrogens is 186 g/mol. The third kappa shape index (κ3) is 6.21. The Kier molecular flexibility index (Phi) is 7.48. The van der Waals surface area contributed by atoms with E-state index in [2.05, 4.69) is 21.1 Å². The Hall–Kier alpha value is -1.34. The Labute approximate surface area is 83.1 Å². The molecule has 5 N–H and O–H groups in total. The molecule has 0 radical (unpaired) electrons. The van der Waals surface area contributed by atoms with E-state index in [0.717, 1.165) is 0 Å². The fourth-order valence-electron chi connectivity index (χ4n) is 0.654. The number of hydrogen-bond acceptors (Lipinski definition) is 4. The van der Waals surface area contributed by atoms with E-state index in [1.165, 1.54) is 0 Å². The number of hydrazine groups is 1. The van der Waals surface area contributed by atoms with Gasteiger partial charge in [0.05, 0.1) is 6.61 Å². The number of nitrogens with zero attached hydrogens (tertiary/aromatic N) is 1. The van der Waals surface area contributed by atoms with Crippen LogP contribution in [-0.2, 0) is 9.53 Å². The van der Waals surface area contributed by atoms with E-state index in [1.54, 1.807) is 14.2 Å². The van der Waals surface area contributed by atoms with Gasteiger partial charge in [0.25, 0.3) is 0 Å². The van der Waals surface area contributed by atoms with E-state index < -0.39 is 0 Å². The fourth-order valence-corrected chi connectivity index (χ4v) is 0.654. The van der Waals surface area contributed by atoms with Gasteiger partial charge in [0.2, 0.25) is 11.9 Å². The lowest BCUT2D eigenvalue weighted by Gasteiger charge is -2.07. The van der Waals surface area contributed by atoms with Crippen molar-refractivity contribution in [2.45, 2.75) is 0 Å². The molecule has 0 aliphatic carbocycles. The minimum absolute atomic E-state index is 0.0377. The predicted molar refractivity (Wildman–Crippen MR) is 53.6 cm³/mol. The smallest absolute Gasteiger partial charge is 0.241 e. The van der Waals surface area contributed by atoms with E-state index in [0.29, 0.717) is 19.1 Å². The average Bonchev–Trinajstić information content (AvgIpc) is 2.22. The summed E-state index contributed by atoms with van der Waals surface area (Å²) >= 11 is 0. The normalized spacial score (nSPS) is 10.9. The SMILES string of the molecule is CNC(=O)CN=C(NN)NCCOC. The molecule has 0 aromatic rings. The standard InChI is InChI=1S/C7H17N5O2/c1-9-6(13)5-11-7(12-8)10-3-4-14-2/h3-5,8H2,1-2H3,(H,9,13)(H2,10,11,12). The highest BCUT2D eigenvalue weighted by Crippen LogP contribution is 1.72. The number of likely N-dealkylation sites (N-methyl/N-ethyl adjacent to an activating group) is 1. The van der Waals surface area contributed by atoms with Crippen molar-refractivity contribution >= 4 is 11.9 Å². The molecule has 0 unspecified atom stereocenters. The van der Waals surface area contributed by atoms with Crippen molar-refractivity contribution < 1.29 is 9.53 Å². The van der Waals surface area contributed by atoms with Gasteiger partial charge in [-0.05, 0) is 0 Å². The molecule has 0 saturated heterocycles. The lowest BCUT2D eigenvalue weighted by atomic mass is 10.6. The number of carbonyl (C=O) groups is 1. The zero-order valence-corrected chi connectivity index (χ0v) is 8.46. The highest BCUT2D eigenvalue weighted by atomic mass is 16.5. The molecule has 7 heteroatoms. The van der Waals surface area contributed by atoms with Crippen LogP contribution < -0.4 is 21.9 Å². The highest BCUT2D eigenvalue weighted by molar-refractivity contribution is 5.84. The van der Waals surface area contributed by atoms with Gasteiger partial charge in [-0.1, -0.05) is 0 Å². The minimum Gasteiger partial charge on any atom is -0.383 e. The molecule has 0 aliphatic heterocycles. The third-order valence-corrected chi connectivity index (χ3v) is 1.39. The maximum Gasteiger partial charge on any atom is 0.241 e. The predicted octanol–water partition coefficient (Wildman–Crippen LogP) is -2.21. The minimum atomic E-state index is -0.175. The van der Waals surface area contributed by atoms with Crippen LogP contribution in [0.3, 0.4) is 0 Å². The molecule has 0 rings (SSSR count). The molecule has 0 aliphatic rings. The van der Waals surface area contributed by atoms with Crippen LogP contribution in [0, 0.1) is 0 Å². The van der Waals surface area contributed by atoms with Crippen molar-refractivity contribution in [1.82, 2.24) is 16.1 Å². The second-order valence-corrected chi connectivity index (χ2v) is 2.40. The summed E-state index contributed by atoms with van der Waals surface area (Å²) in [5.41, 5.74) is 2.34. The first-order valence-corrected chi connectivity index (χ1v) is 4.19. The number of amides is 1. The van der Waals surface area contributed by atoms with Gasteiger partial charge in [-0.15, -0.1) is 0 Å². The number of rotatable bonds is 5. The number of nitrogens with one attached hydrogen (secondary N) is 3. The van der Waals surface area contributed by atoms with Gasteiger partial charge in [-0.2, -0.15) is 0 Å². The maximum absolute atomic E-state index is 10.8. The number of methoxy groups -OCH3 is 1. The summed E-state index contributed by atoms with van der Waals surface area (Å²) in [4.78, 5) is 14.7. The van der Waals surface area contributed by atoms with Crippen LogP contribution >= 0.6 is 0 Å². The van der Waals surface area contributed by atoms with Crippen molar-refractivity contribution in [3.05, 3.63) is 0 Å². The topological polar surface area (TPSA) is 101 Å². The molecule has 0 spiro atoms. The van der Waals surface area contributed by atoms with E-state index >= 15 is 0 Å². The van der Waals surface area contributed by atoms with Crippen LogP contribution in [0.15, 0.2) is 4.99 Å². The lowest BCUT2D eigenvalue weighted by Crippen LogP contribution is -2.43. The number of aliphatic imine (C=N–C) groups is 1. The molecule has 0 aromatic heterocycles. The van der Waals surface area contributed by atoms with E-state index in [-0.39, 0.29) is 12.5 Å². The molecule has 82 valence electrons. The second kappa shape index (κ2) is 8.27. The molecule has 14 heavy (non-hydrogen) atoms. The van der Waals surface area contributed by atoms with Crippen LogP contribution in [0.5, 0.6) is 0 Å². The van der Waals surface area contributed by atoms with E-state index in [9.17, 15) is 4.79 Å². The molecule has 1 amide bonds. The summed E-state index contributed by atoms with van der Waals surface area (Å²) < 4.78 is 4.82. The largest absolute Gasteiger partial charge is 0.383 e. The van der Waals surface area contributed by atoms with Crippen LogP contribution in [-0.4, -0.2) is 45.7 Å². The van der Waals surface area contributed by atoms with Crippen molar-refractivity contribution in [2.75, 3.05) is 33.9 Å². The van der Waals surface area contributed by atoms with Crippen molar-refractivity contribution in [1.29, 1.82) is 0 Å². The molecule has 0 atom stereocenters. The van der Waals surface area contributed by atoms with Crippen LogP contribution in [0.1, 0.15) is 0 Å². The Morgan fingerprint density at radius 1 is 1.57 bits per heavy atom. The number of guanidine groups is 1. The number of nitrogens with two attached hydrogens (primary N) is 1. The monoisotopic (exact) mass is 203 g/mol. The first-order valence-electron chi connectivity index (χ1n) is 4.19. The summed E-state index contributed by atoms with van der Waals surface area (Å²) in [6, 6.07) is 0. The summed E-state index contributed by atoms with van der Waals surface area (Å²) in [6.07, 6.45) is 0. The zero-order valence-electron chi connectivity index (χ0n) is 8.46. The Morgan fingerprint density at radius 3 is 2.79 bits per heavy atom. The maximum atomic E-state index is 10.8. The van der Waals surface area contributed by atoms with Gasteiger partial charge in [-0.25, -0.2) is 10.8 Å². The van der Waals surface area contributed by atoms with Crippen molar-refractivity contribution in [3.63, 3.8) is 0 Å². The lowest BCUT2D eigenvalue weighted by molar-refractivity contribution is -0.119. The van der Waals surface area contributed by atoms with Crippen LogP contribution in [0.2, 0.25) is 0 Å².